The van der Waals surface area contributed by atoms with Crippen LogP contribution in [0.5, 0.6) is 11.5 Å². The lowest BCUT2D eigenvalue weighted by molar-refractivity contribution is -0.137. The summed E-state index contributed by atoms with van der Waals surface area (Å²) >= 11 is 1.55. The first-order chi connectivity index (χ1) is 13.4. The van der Waals surface area contributed by atoms with Crippen LogP contribution < -0.4 is 20.5 Å². The van der Waals surface area contributed by atoms with Crippen molar-refractivity contribution in [3.05, 3.63) is 46.2 Å². The molecule has 2 aromatic rings. The smallest absolute Gasteiger partial charge is 0.260 e. The van der Waals surface area contributed by atoms with E-state index >= 15 is 0 Å². The summed E-state index contributed by atoms with van der Waals surface area (Å²) < 4.78 is 10.5. The van der Waals surface area contributed by atoms with Gasteiger partial charge >= 0.3 is 0 Å². The number of thiophene rings is 1. The van der Waals surface area contributed by atoms with Crippen LogP contribution in [0, 0.1) is 0 Å². The number of carbonyl (C=O) groups excluding carboxylic acids is 3. The lowest BCUT2D eigenvalue weighted by atomic mass is 10.2. The van der Waals surface area contributed by atoms with Gasteiger partial charge in [0.1, 0.15) is 11.5 Å². The summed E-state index contributed by atoms with van der Waals surface area (Å²) in [6.07, 6.45) is 0. The molecule has 0 saturated carbocycles. The van der Waals surface area contributed by atoms with E-state index in [1.165, 1.54) is 24.1 Å². The van der Waals surface area contributed by atoms with E-state index in [1.54, 1.807) is 24.3 Å². The predicted molar refractivity (Wildman–Crippen MR) is 105 cm³/mol. The van der Waals surface area contributed by atoms with E-state index in [0.29, 0.717) is 18.8 Å². The zero-order chi connectivity index (χ0) is 20.5. The molecule has 2 rings (SSSR count). The quantitative estimate of drug-likeness (QED) is 0.621. The molecule has 3 amide bonds. The van der Waals surface area contributed by atoms with Gasteiger partial charge in [-0.2, -0.15) is 0 Å². The molecule has 0 unspecified atom stereocenters. The van der Waals surface area contributed by atoms with Crippen LogP contribution in [0.2, 0.25) is 0 Å². The minimum Gasteiger partial charge on any atom is -0.497 e. The summed E-state index contributed by atoms with van der Waals surface area (Å²) in [5.74, 6) is -0.697. The summed E-state index contributed by atoms with van der Waals surface area (Å²) in [4.78, 5) is 38.5. The summed E-state index contributed by atoms with van der Waals surface area (Å²) in [5.41, 5.74) is 5.46. The van der Waals surface area contributed by atoms with Crippen molar-refractivity contribution < 1.29 is 23.9 Å². The zero-order valence-corrected chi connectivity index (χ0v) is 16.6. The molecule has 1 aromatic heterocycles. The van der Waals surface area contributed by atoms with Gasteiger partial charge in [0.15, 0.2) is 6.61 Å². The highest BCUT2D eigenvalue weighted by Crippen LogP contribution is 2.23. The molecular weight excluding hydrogens is 382 g/mol. The second-order valence-corrected chi connectivity index (χ2v) is 6.81. The van der Waals surface area contributed by atoms with Crippen LogP contribution in [0.4, 0.5) is 0 Å². The van der Waals surface area contributed by atoms with Gasteiger partial charge < -0.3 is 25.4 Å². The fourth-order valence-corrected chi connectivity index (χ4v) is 3.03. The van der Waals surface area contributed by atoms with Crippen molar-refractivity contribution >= 4 is 29.1 Å². The second kappa shape index (κ2) is 10.3. The molecule has 0 aliphatic heterocycles. The number of primary amides is 1. The second-order valence-electron chi connectivity index (χ2n) is 5.78. The van der Waals surface area contributed by atoms with Crippen LogP contribution in [0.1, 0.15) is 22.2 Å². The Balaban J connectivity index is 1.91. The SMILES string of the molecule is CCN(CC(=O)NCc1cccs1)C(=O)COc1ccc(OC)cc1C(N)=O. The number of nitrogens with zero attached hydrogens (tertiary/aromatic N) is 1. The summed E-state index contributed by atoms with van der Waals surface area (Å²) in [6, 6.07) is 8.38. The molecule has 1 aromatic carbocycles. The number of ether oxygens (including phenoxy) is 2. The lowest BCUT2D eigenvalue weighted by Crippen LogP contribution is -2.42. The molecule has 0 aliphatic carbocycles. The molecule has 9 heteroatoms. The minimum absolute atomic E-state index is 0.0740. The van der Waals surface area contributed by atoms with Crippen molar-refractivity contribution in [3.63, 3.8) is 0 Å². The molecule has 150 valence electrons. The molecule has 3 N–H and O–H groups in total. The molecule has 8 nitrogen and oxygen atoms in total. The molecule has 0 radical (unpaired) electrons. The maximum absolute atomic E-state index is 12.4. The molecule has 0 saturated heterocycles. The Kier molecular flexibility index (Phi) is 7.82. The number of nitrogens with one attached hydrogen (secondary N) is 1. The number of nitrogens with two attached hydrogens (primary N) is 1. The Labute approximate surface area is 167 Å². The minimum atomic E-state index is -0.693. The van der Waals surface area contributed by atoms with Crippen molar-refractivity contribution in [2.45, 2.75) is 13.5 Å². The maximum atomic E-state index is 12.4. The van der Waals surface area contributed by atoms with Crippen molar-refractivity contribution in [2.75, 3.05) is 26.8 Å². The van der Waals surface area contributed by atoms with Gasteiger partial charge in [-0.3, -0.25) is 14.4 Å². The third kappa shape index (κ3) is 5.98. The third-order valence-electron chi connectivity index (χ3n) is 3.91. The summed E-state index contributed by atoms with van der Waals surface area (Å²) in [6.45, 7) is 2.15. The predicted octanol–water partition coefficient (Wildman–Crippen LogP) is 1.40. The van der Waals surface area contributed by atoms with Gasteiger partial charge in [0.05, 0.1) is 25.8 Å². The Morgan fingerprint density at radius 1 is 1.25 bits per heavy atom. The van der Waals surface area contributed by atoms with Gasteiger partial charge in [-0.05, 0) is 36.6 Å². The van der Waals surface area contributed by atoms with Crippen LogP contribution in [0.25, 0.3) is 0 Å². The van der Waals surface area contributed by atoms with Crippen LogP contribution in [-0.4, -0.2) is 49.4 Å². The molecule has 1 heterocycles. The van der Waals surface area contributed by atoms with Crippen LogP contribution in [0.15, 0.2) is 35.7 Å². The molecule has 0 spiro atoms. The highest BCUT2D eigenvalue weighted by molar-refractivity contribution is 7.09. The summed E-state index contributed by atoms with van der Waals surface area (Å²) in [7, 11) is 1.47. The van der Waals surface area contributed by atoms with Crippen molar-refractivity contribution in [3.8, 4) is 11.5 Å². The van der Waals surface area contributed by atoms with E-state index < -0.39 is 5.91 Å². The molecule has 0 fully saturated rings. The standard InChI is InChI=1S/C19H23N3O5S/c1-3-22(11-17(23)21-10-14-5-4-8-28-14)18(24)12-27-16-7-6-13(26-2)9-15(16)19(20)25/h4-9H,3,10-12H2,1-2H3,(H2,20,25)(H,21,23). The van der Waals surface area contributed by atoms with Gasteiger partial charge in [-0.15, -0.1) is 11.3 Å². The number of likely N-dealkylation sites (N-methyl/N-ethyl adjacent to an activating group) is 1. The number of amides is 3. The normalized spacial score (nSPS) is 10.2. The van der Waals surface area contributed by atoms with E-state index in [-0.39, 0.29) is 36.3 Å². The van der Waals surface area contributed by atoms with Crippen LogP contribution >= 0.6 is 11.3 Å². The topological polar surface area (TPSA) is 111 Å². The van der Waals surface area contributed by atoms with Gasteiger partial charge in [0.2, 0.25) is 5.91 Å². The van der Waals surface area contributed by atoms with E-state index in [2.05, 4.69) is 5.32 Å². The molecule has 0 atom stereocenters. The van der Waals surface area contributed by atoms with Crippen LogP contribution in [-0.2, 0) is 16.1 Å². The first-order valence-corrected chi connectivity index (χ1v) is 9.50. The van der Waals surface area contributed by atoms with Gasteiger partial charge in [0, 0.05) is 11.4 Å². The Hall–Kier alpha value is -3.07. The lowest BCUT2D eigenvalue weighted by Gasteiger charge is -2.21. The van der Waals surface area contributed by atoms with E-state index in [4.69, 9.17) is 15.2 Å². The van der Waals surface area contributed by atoms with E-state index in [9.17, 15) is 14.4 Å². The highest BCUT2D eigenvalue weighted by Gasteiger charge is 2.18. The number of hydrogen-bond donors (Lipinski definition) is 2. The van der Waals surface area contributed by atoms with Crippen molar-refractivity contribution in [1.82, 2.24) is 10.2 Å². The Morgan fingerprint density at radius 3 is 2.64 bits per heavy atom. The molecule has 0 aliphatic rings. The van der Waals surface area contributed by atoms with Gasteiger partial charge in [-0.1, -0.05) is 6.07 Å². The fourth-order valence-electron chi connectivity index (χ4n) is 2.39. The number of benzene rings is 1. The van der Waals surface area contributed by atoms with Crippen molar-refractivity contribution in [1.29, 1.82) is 0 Å². The van der Waals surface area contributed by atoms with Gasteiger partial charge in [0.25, 0.3) is 11.8 Å². The average Bonchev–Trinajstić information content (AvgIpc) is 3.22. The van der Waals surface area contributed by atoms with Crippen molar-refractivity contribution in [2.24, 2.45) is 5.73 Å². The monoisotopic (exact) mass is 405 g/mol. The van der Waals surface area contributed by atoms with Crippen LogP contribution in [0.3, 0.4) is 0 Å². The number of hydrogen-bond acceptors (Lipinski definition) is 6. The molecule has 28 heavy (non-hydrogen) atoms. The largest absolute Gasteiger partial charge is 0.497 e. The van der Waals surface area contributed by atoms with E-state index in [1.807, 2.05) is 17.5 Å². The zero-order valence-electron chi connectivity index (χ0n) is 15.8. The Morgan fingerprint density at radius 2 is 2.04 bits per heavy atom. The number of rotatable bonds is 10. The van der Waals surface area contributed by atoms with E-state index in [0.717, 1.165) is 4.88 Å². The highest BCUT2D eigenvalue weighted by atomic mass is 32.1. The molecular formula is C19H23N3O5S. The van der Waals surface area contributed by atoms with Gasteiger partial charge in [-0.25, -0.2) is 0 Å². The Bertz CT molecular complexity index is 823. The summed E-state index contributed by atoms with van der Waals surface area (Å²) in [5, 5.41) is 4.71. The third-order valence-corrected chi connectivity index (χ3v) is 4.79. The maximum Gasteiger partial charge on any atom is 0.260 e. The number of carbonyl (C=O) groups is 3. The first-order valence-electron chi connectivity index (χ1n) is 8.62. The fraction of sp³-hybridized carbons (Fsp3) is 0.316. The average molecular weight is 405 g/mol. The number of methoxy groups -OCH3 is 1. The molecule has 0 bridgehead atoms. The first kappa shape index (κ1) is 21.2.